The standard InChI is InChI=1S/C16H26N2/c1-3-18-11-5-4-6-15(12-17)16(18)14-9-7-13(2)8-10-14/h7-10,15-16H,3-6,11-12,17H2,1-2H3. The first-order valence-corrected chi connectivity index (χ1v) is 7.27. The zero-order chi connectivity index (χ0) is 13.0. The van der Waals surface area contributed by atoms with E-state index >= 15 is 0 Å². The highest BCUT2D eigenvalue weighted by molar-refractivity contribution is 5.25. The summed E-state index contributed by atoms with van der Waals surface area (Å²) in [7, 11) is 0. The van der Waals surface area contributed by atoms with Crippen molar-refractivity contribution < 1.29 is 0 Å². The molecule has 100 valence electrons. The van der Waals surface area contributed by atoms with Gasteiger partial charge in [0, 0.05) is 6.04 Å². The Hall–Kier alpha value is -0.860. The lowest BCUT2D eigenvalue weighted by Gasteiger charge is -2.34. The summed E-state index contributed by atoms with van der Waals surface area (Å²) in [4.78, 5) is 2.61. The Morgan fingerprint density at radius 3 is 2.56 bits per heavy atom. The summed E-state index contributed by atoms with van der Waals surface area (Å²) in [5, 5.41) is 0. The quantitative estimate of drug-likeness (QED) is 0.888. The Labute approximate surface area is 111 Å². The van der Waals surface area contributed by atoms with Crippen LogP contribution in [0.5, 0.6) is 0 Å². The first-order valence-electron chi connectivity index (χ1n) is 7.27. The van der Waals surface area contributed by atoms with Crippen LogP contribution in [0, 0.1) is 12.8 Å². The molecule has 0 bridgehead atoms. The van der Waals surface area contributed by atoms with Crippen LogP contribution in [0.25, 0.3) is 0 Å². The molecule has 2 rings (SSSR count). The van der Waals surface area contributed by atoms with Gasteiger partial charge in [0.1, 0.15) is 0 Å². The molecule has 0 aliphatic carbocycles. The van der Waals surface area contributed by atoms with Crippen LogP contribution in [0.3, 0.4) is 0 Å². The smallest absolute Gasteiger partial charge is 0.0388 e. The van der Waals surface area contributed by atoms with Crippen molar-refractivity contribution in [3.63, 3.8) is 0 Å². The van der Waals surface area contributed by atoms with Gasteiger partial charge in [-0.3, -0.25) is 4.90 Å². The lowest BCUT2D eigenvalue weighted by molar-refractivity contribution is 0.166. The number of nitrogens with zero attached hydrogens (tertiary/aromatic N) is 1. The number of hydrogen-bond donors (Lipinski definition) is 1. The third-order valence-electron chi connectivity index (χ3n) is 4.24. The molecule has 2 unspecified atom stereocenters. The lowest BCUT2D eigenvalue weighted by Crippen LogP contribution is -2.35. The maximum absolute atomic E-state index is 6.02. The van der Waals surface area contributed by atoms with Crippen LogP contribution < -0.4 is 5.73 Å². The number of hydrogen-bond acceptors (Lipinski definition) is 2. The van der Waals surface area contributed by atoms with E-state index in [1.807, 2.05) is 0 Å². The SMILES string of the molecule is CCN1CCCCC(CN)C1c1ccc(C)cc1. The second kappa shape index (κ2) is 6.35. The van der Waals surface area contributed by atoms with Gasteiger partial charge in [-0.2, -0.15) is 0 Å². The van der Waals surface area contributed by atoms with Crippen LogP contribution in [0.15, 0.2) is 24.3 Å². The van der Waals surface area contributed by atoms with E-state index in [4.69, 9.17) is 5.73 Å². The number of aryl methyl sites for hydroxylation is 1. The van der Waals surface area contributed by atoms with Crippen LogP contribution >= 0.6 is 0 Å². The topological polar surface area (TPSA) is 29.3 Å². The minimum absolute atomic E-state index is 0.517. The van der Waals surface area contributed by atoms with Crippen LogP contribution in [0.1, 0.15) is 43.4 Å². The largest absolute Gasteiger partial charge is 0.330 e. The molecule has 1 heterocycles. The summed E-state index contributed by atoms with van der Waals surface area (Å²) in [5.41, 5.74) is 8.80. The molecule has 2 nitrogen and oxygen atoms in total. The van der Waals surface area contributed by atoms with Crippen LogP contribution in [-0.2, 0) is 0 Å². The normalized spacial score (nSPS) is 25.9. The molecule has 18 heavy (non-hydrogen) atoms. The molecule has 1 aromatic carbocycles. The summed E-state index contributed by atoms with van der Waals surface area (Å²) >= 11 is 0. The van der Waals surface area contributed by atoms with Gasteiger partial charge in [0.25, 0.3) is 0 Å². The molecule has 1 aromatic rings. The average molecular weight is 246 g/mol. The van der Waals surface area contributed by atoms with Gasteiger partial charge in [0.2, 0.25) is 0 Å². The number of likely N-dealkylation sites (tertiary alicyclic amines) is 1. The van der Waals surface area contributed by atoms with Crippen molar-refractivity contribution in [3.8, 4) is 0 Å². The first-order chi connectivity index (χ1) is 8.76. The average Bonchev–Trinajstić information content (AvgIpc) is 2.61. The van der Waals surface area contributed by atoms with Gasteiger partial charge in [-0.25, -0.2) is 0 Å². The minimum atomic E-state index is 0.517. The molecule has 1 aliphatic rings. The summed E-state index contributed by atoms with van der Waals surface area (Å²) in [6.45, 7) is 7.55. The number of benzene rings is 1. The van der Waals surface area contributed by atoms with E-state index in [2.05, 4.69) is 43.0 Å². The van der Waals surface area contributed by atoms with Crippen molar-refractivity contribution in [1.29, 1.82) is 0 Å². The predicted molar refractivity (Wildman–Crippen MR) is 77.6 cm³/mol. The molecule has 0 spiro atoms. The highest BCUT2D eigenvalue weighted by atomic mass is 15.2. The van der Waals surface area contributed by atoms with E-state index in [1.54, 1.807) is 0 Å². The highest BCUT2D eigenvalue weighted by Crippen LogP contribution is 2.34. The number of nitrogens with two attached hydrogens (primary N) is 1. The van der Waals surface area contributed by atoms with E-state index in [9.17, 15) is 0 Å². The molecule has 1 aliphatic heterocycles. The zero-order valence-electron chi connectivity index (χ0n) is 11.7. The zero-order valence-corrected chi connectivity index (χ0v) is 11.7. The van der Waals surface area contributed by atoms with Crippen molar-refractivity contribution in [2.24, 2.45) is 11.7 Å². The first kappa shape index (κ1) is 13.6. The molecular weight excluding hydrogens is 220 g/mol. The van der Waals surface area contributed by atoms with Gasteiger partial charge < -0.3 is 5.73 Å². The number of rotatable bonds is 3. The monoisotopic (exact) mass is 246 g/mol. The van der Waals surface area contributed by atoms with E-state index in [0.717, 1.165) is 13.1 Å². The van der Waals surface area contributed by atoms with E-state index in [1.165, 1.54) is 36.9 Å². The van der Waals surface area contributed by atoms with E-state index in [0.29, 0.717) is 12.0 Å². The van der Waals surface area contributed by atoms with Gasteiger partial charge in [-0.05, 0) is 50.9 Å². The van der Waals surface area contributed by atoms with Gasteiger partial charge in [0.15, 0.2) is 0 Å². The summed E-state index contributed by atoms with van der Waals surface area (Å²) in [6.07, 6.45) is 3.90. The molecule has 0 saturated carbocycles. The summed E-state index contributed by atoms with van der Waals surface area (Å²) in [5.74, 6) is 0.607. The summed E-state index contributed by atoms with van der Waals surface area (Å²) < 4.78 is 0. The predicted octanol–water partition coefficient (Wildman–Crippen LogP) is 3.12. The van der Waals surface area contributed by atoms with Crippen molar-refractivity contribution in [1.82, 2.24) is 4.90 Å². The van der Waals surface area contributed by atoms with Gasteiger partial charge in [-0.15, -0.1) is 0 Å². The fourth-order valence-corrected chi connectivity index (χ4v) is 3.16. The maximum atomic E-state index is 6.02. The maximum Gasteiger partial charge on any atom is 0.0388 e. The van der Waals surface area contributed by atoms with E-state index in [-0.39, 0.29) is 0 Å². The Balaban J connectivity index is 2.29. The summed E-state index contributed by atoms with van der Waals surface area (Å²) in [6, 6.07) is 9.54. The Morgan fingerprint density at radius 1 is 1.22 bits per heavy atom. The molecule has 0 radical (unpaired) electrons. The second-order valence-electron chi connectivity index (χ2n) is 5.48. The van der Waals surface area contributed by atoms with Gasteiger partial charge in [0.05, 0.1) is 0 Å². The van der Waals surface area contributed by atoms with Crippen LogP contribution in [-0.4, -0.2) is 24.5 Å². The van der Waals surface area contributed by atoms with Crippen molar-refractivity contribution >= 4 is 0 Å². The molecule has 2 heteroatoms. The third kappa shape index (κ3) is 2.93. The van der Waals surface area contributed by atoms with Gasteiger partial charge in [-0.1, -0.05) is 43.2 Å². The Kier molecular flexibility index (Phi) is 4.79. The molecule has 0 aromatic heterocycles. The van der Waals surface area contributed by atoms with Crippen LogP contribution in [0.2, 0.25) is 0 Å². The third-order valence-corrected chi connectivity index (χ3v) is 4.24. The van der Waals surface area contributed by atoms with Crippen molar-refractivity contribution in [2.75, 3.05) is 19.6 Å². The van der Waals surface area contributed by atoms with Crippen LogP contribution in [0.4, 0.5) is 0 Å². The van der Waals surface area contributed by atoms with Crippen molar-refractivity contribution in [3.05, 3.63) is 35.4 Å². The lowest BCUT2D eigenvalue weighted by atomic mass is 9.89. The fraction of sp³-hybridized carbons (Fsp3) is 0.625. The molecule has 2 atom stereocenters. The molecule has 1 saturated heterocycles. The van der Waals surface area contributed by atoms with E-state index < -0.39 is 0 Å². The fourth-order valence-electron chi connectivity index (χ4n) is 3.16. The molecular formula is C16H26N2. The molecule has 1 fully saturated rings. The van der Waals surface area contributed by atoms with Crippen molar-refractivity contribution in [2.45, 2.75) is 39.2 Å². The second-order valence-corrected chi connectivity index (χ2v) is 5.48. The molecule has 0 amide bonds. The van der Waals surface area contributed by atoms with Gasteiger partial charge >= 0.3 is 0 Å². The molecule has 2 N–H and O–H groups in total. The highest BCUT2D eigenvalue weighted by Gasteiger charge is 2.29. The Bertz CT molecular complexity index is 344. The minimum Gasteiger partial charge on any atom is -0.330 e. The Morgan fingerprint density at radius 2 is 1.94 bits per heavy atom.